The minimum Gasteiger partial charge on any atom is -0.394 e. The monoisotopic (exact) mass is 163 g/mol. The summed E-state index contributed by atoms with van der Waals surface area (Å²) in [6.07, 6.45) is 1.72. The topological polar surface area (TPSA) is 32.6 Å². The molecule has 0 heterocycles. The fourth-order valence-electron chi connectivity index (χ4n) is 1.09. The van der Waals surface area contributed by atoms with Crippen LogP contribution in [-0.4, -0.2) is 17.9 Å². The molecule has 1 aromatic carbocycles. The molecule has 0 spiro atoms. The van der Waals surface area contributed by atoms with Crippen LogP contribution in [0.5, 0.6) is 0 Å². The fourth-order valence-corrected chi connectivity index (χ4v) is 1.09. The molecule has 2 heteroatoms. The first-order valence-corrected chi connectivity index (χ1v) is 4.02. The molecule has 0 aliphatic heterocycles. The average Bonchev–Trinajstić information content (AvgIpc) is 2.15. The Labute approximate surface area is 72.6 Å². The third-order valence-electron chi connectivity index (χ3n) is 1.69. The molecule has 0 aliphatic carbocycles. The lowest BCUT2D eigenvalue weighted by Gasteiger charge is -2.07. The minimum absolute atomic E-state index is 0.0638. The first-order chi connectivity index (χ1) is 5.88. The van der Waals surface area contributed by atoms with Gasteiger partial charge in [0.05, 0.1) is 12.6 Å². The number of aliphatic hydroxyl groups is 1. The highest BCUT2D eigenvalue weighted by atomic mass is 16.3. The van der Waals surface area contributed by atoms with Crippen molar-refractivity contribution in [2.24, 2.45) is 4.99 Å². The Kier molecular flexibility index (Phi) is 3.48. The van der Waals surface area contributed by atoms with Gasteiger partial charge in [-0.3, -0.25) is 4.99 Å². The van der Waals surface area contributed by atoms with Crippen molar-refractivity contribution in [3.05, 3.63) is 35.9 Å². The molecule has 12 heavy (non-hydrogen) atoms. The molecule has 0 fully saturated rings. The number of nitrogens with zero attached hydrogens (tertiary/aromatic N) is 1. The van der Waals surface area contributed by atoms with E-state index in [9.17, 15) is 0 Å². The Bertz CT molecular complexity index is 243. The van der Waals surface area contributed by atoms with Crippen molar-refractivity contribution in [1.82, 2.24) is 0 Å². The van der Waals surface area contributed by atoms with Crippen LogP contribution in [0.2, 0.25) is 0 Å². The smallest absolute Gasteiger partial charge is 0.0975 e. The van der Waals surface area contributed by atoms with Crippen molar-refractivity contribution in [1.29, 1.82) is 0 Å². The maximum Gasteiger partial charge on any atom is 0.0975 e. The molecule has 0 saturated heterocycles. The van der Waals surface area contributed by atoms with Crippen molar-refractivity contribution in [3.8, 4) is 0 Å². The van der Waals surface area contributed by atoms with Crippen LogP contribution >= 0.6 is 0 Å². The molecule has 0 amide bonds. The predicted octanol–water partition coefficient (Wildman–Crippen LogP) is 1.81. The van der Waals surface area contributed by atoms with E-state index in [0.29, 0.717) is 0 Å². The Morgan fingerprint density at radius 3 is 2.58 bits per heavy atom. The fraction of sp³-hybridized carbons (Fsp3) is 0.300. The predicted molar refractivity (Wildman–Crippen MR) is 50.4 cm³/mol. The van der Waals surface area contributed by atoms with Crippen molar-refractivity contribution >= 4 is 6.21 Å². The van der Waals surface area contributed by atoms with Gasteiger partial charge in [-0.15, -0.1) is 0 Å². The summed E-state index contributed by atoms with van der Waals surface area (Å²) in [4.78, 5) is 4.14. The number of benzene rings is 1. The zero-order valence-electron chi connectivity index (χ0n) is 7.14. The maximum absolute atomic E-state index is 9.00. The van der Waals surface area contributed by atoms with Crippen LogP contribution in [0.15, 0.2) is 35.3 Å². The van der Waals surface area contributed by atoms with E-state index < -0.39 is 0 Å². The zero-order chi connectivity index (χ0) is 8.81. The van der Waals surface area contributed by atoms with Crippen LogP contribution in [0.3, 0.4) is 0 Å². The molecule has 1 rings (SSSR count). The van der Waals surface area contributed by atoms with E-state index >= 15 is 0 Å². The molecule has 0 radical (unpaired) electrons. The average molecular weight is 163 g/mol. The summed E-state index contributed by atoms with van der Waals surface area (Å²) in [6, 6.07) is 9.68. The Morgan fingerprint density at radius 2 is 2.08 bits per heavy atom. The molecule has 0 unspecified atom stereocenters. The van der Waals surface area contributed by atoms with Crippen LogP contribution in [-0.2, 0) is 0 Å². The zero-order valence-corrected chi connectivity index (χ0v) is 7.14. The summed E-state index contributed by atoms with van der Waals surface area (Å²) >= 11 is 0. The van der Waals surface area contributed by atoms with Crippen LogP contribution in [0.4, 0.5) is 0 Å². The van der Waals surface area contributed by atoms with E-state index in [1.165, 1.54) is 0 Å². The molecular formula is C10H13NO. The van der Waals surface area contributed by atoms with E-state index in [1.807, 2.05) is 37.3 Å². The largest absolute Gasteiger partial charge is 0.394 e. The van der Waals surface area contributed by atoms with E-state index in [4.69, 9.17) is 5.11 Å². The number of aliphatic hydroxyl groups excluding tert-OH is 1. The normalized spacial score (nSPS) is 13.5. The summed E-state index contributed by atoms with van der Waals surface area (Å²) in [6.45, 7) is 1.92. The van der Waals surface area contributed by atoms with Crippen LogP contribution in [0.1, 0.15) is 18.5 Å². The Hall–Kier alpha value is -1.15. The lowest BCUT2D eigenvalue weighted by molar-refractivity contribution is 0.269. The summed E-state index contributed by atoms with van der Waals surface area (Å²) < 4.78 is 0. The lowest BCUT2D eigenvalue weighted by atomic mass is 10.1. The third kappa shape index (κ3) is 2.17. The van der Waals surface area contributed by atoms with Gasteiger partial charge in [0, 0.05) is 0 Å². The van der Waals surface area contributed by atoms with E-state index in [0.717, 1.165) is 5.56 Å². The summed E-state index contributed by atoms with van der Waals surface area (Å²) in [5.74, 6) is 0. The Balaban J connectivity index is 2.80. The van der Waals surface area contributed by atoms with Crippen LogP contribution in [0.25, 0.3) is 0 Å². The van der Waals surface area contributed by atoms with Gasteiger partial charge in [-0.1, -0.05) is 30.3 Å². The SMILES string of the molecule is CC=N[C@H](CO)c1ccccc1. The highest BCUT2D eigenvalue weighted by molar-refractivity contribution is 5.54. The molecule has 2 nitrogen and oxygen atoms in total. The van der Waals surface area contributed by atoms with Gasteiger partial charge in [-0.2, -0.15) is 0 Å². The first-order valence-electron chi connectivity index (χ1n) is 4.02. The van der Waals surface area contributed by atoms with Gasteiger partial charge in [-0.05, 0) is 18.7 Å². The molecule has 1 aromatic rings. The number of hydrogen-bond donors (Lipinski definition) is 1. The molecule has 0 saturated carbocycles. The third-order valence-corrected chi connectivity index (χ3v) is 1.69. The number of rotatable bonds is 3. The number of aliphatic imine (C=N–C) groups is 1. The van der Waals surface area contributed by atoms with Gasteiger partial charge in [0.1, 0.15) is 0 Å². The summed E-state index contributed by atoms with van der Waals surface area (Å²) in [5.41, 5.74) is 1.05. The highest BCUT2D eigenvalue weighted by Crippen LogP contribution is 2.14. The van der Waals surface area contributed by atoms with Gasteiger partial charge in [0.15, 0.2) is 0 Å². The van der Waals surface area contributed by atoms with Gasteiger partial charge >= 0.3 is 0 Å². The van der Waals surface area contributed by atoms with Gasteiger partial charge in [-0.25, -0.2) is 0 Å². The van der Waals surface area contributed by atoms with Crippen molar-refractivity contribution in [2.75, 3.05) is 6.61 Å². The van der Waals surface area contributed by atoms with Gasteiger partial charge in [0.25, 0.3) is 0 Å². The van der Waals surface area contributed by atoms with E-state index in [1.54, 1.807) is 6.21 Å². The number of hydrogen-bond acceptors (Lipinski definition) is 2. The van der Waals surface area contributed by atoms with Crippen molar-refractivity contribution in [2.45, 2.75) is 13.0 Å². The molecule has 1 N–H and O–H groups in total. The van der Waals surface area contributed by atoms with Crippen LogP contribution in [0, 0.1) is 0 Å². The van der Waals surface area contributed by atoms with Crippen molar-refractivity contribution in [3.63, 3.8) is 0 Å². The molecular weight excluding hydrogens is 150 g/mol. The molecule has 0 aromatic heterocycles. The Morgan fingerprint density at radius 1 is 1.42 bits per heavy atom. The second kappa shape index (κ2) is 4.67. The molecule has 64 valence electrons. The van der Waals surface area contributed by atoms with Crippen molar-refractivity contribution < 1.29 is 5.11 Å². The first kappa shape index (κ1) is 8.94. The highest BCUT2D eigenvalue weighted by Gasteiger charge is 2.04. The maximum atomic E-state index is 9.00. The second-order valence-electron chi connectivity index (χ2n) is 2.52. The minimum atomic E-state index is -0.101. The quantitative estimate of drug-likeness (QED) is 0.677. The molecule has 0 aliphatic rings. The molecule has 0 bridgehead atoms. The second-order valence-corrected chi connectivity index (χ2v) is 2.52. The lowest BCUT2D eigenvalue weighted by Crippen LogP contribution is -2.00. The van der Waals surface area contributed by atoms with Gasteiger partial charge < -0.3 is 5.11 Å². The summed E-state index contributed by atoms with van der Waals surface area (Å²) in [7, 11) is 0. The standard InChI is InChI=1S/C10H13NO/c1-2-11-10(8-12)9-6-4-3-5-7-9/h2-7,10,12H,8H2,1H3/t10-/m1/s1. The van der Waals surface area contributed by atoms with E-state index in [2.05, 4.69) is 4.99 Å². The van der Waals surface area contributed by atoms with Crippen LogP contribution < -0.4 is 0 Å². The molecule has 1 atom stereocenters. The van der Waals surface area contributed by atoms with Gasteiger partial charge in [0.2, 0.25) is 0 Å². The van der Waals surface area contributed by atoms with E-state index in [-0.39, 0.29) is 12.6 Å². The summed E-state index contributed by atoms with van der Waals surface area (Å²) in [5, 5.41) is 9.00.